The van der Waals surface area contributed by atoms with E-state index in [0.717, 1.165) is 4.57 Å². The van der Waals surface area contributed by atoms with Crippen molar-refractivity contribution < 1.29 is 33.3 Å². The van der Waals surface area contributed by atoms with E-state index >= 15 is 0 Å². The van der Waals surface area contributed by atoms with E-state index in [4.69, 9.17) is 23.6 Å². The third-order valence-corrected chi connectivity index (χ3v) is 4.12. The van der Waals surface area contributed by atoms with Gasteiger partial charge in [0, 0.05) is 23.4 Å². The Morgan fingerprint density at radius 3 is 2.68 bits per heavy atom. The Labute approximate surface area is 143 Å². The van der Waals surface area contributed by atoms with Gasteiger partial charge in [-0.3, -0.25) is 14.3 Å². The van der Waals surface area contributed by atoms with E-state index in [0.29, 0.717) is 0 Å². The van der Waals surface area contributed by atoms with Crippen molar-refractivity contribution in [2.75, 3.05) is 26.9 Å². The van der Waals surface area contributed by atoms with Crippen molar-refractivity contribution in [3.8, 4) is 0 Å². The number of methoxy groups -OCH3 is 1. The number of aromatic amines is 1. The number of rotatable bonds is 8. The Hall–Kier alpha value is -1.46. The zero-order valence-electron chi connectivity index (χ0n) is 13.7. The molecular weight excluding hydrogens is 359 g/mol. The van der Waals surface area contributed by atoms with Gasteiger partial charge in [-0.25, -0.2) is 4.79 Å². The van der Waals surface area contributed by atoms with Crippen LogP contribution in [0.3, 0.4) is 0 Å². The molecule has 1 aliphatic rings. The van der Waals surface area contributed by atoms with E-state index in [-0.39, 0.29) is 18.8 Å². The average Bonchev–Trinajstić information content (AvgIpc) is 2.88. The maximum atomic E-state index is 12.1. The number of hydrogen-bond donors (Lipinski definition) is 3. The molecule has 11 nitrogen and oxygen atoms in total. The highest BCUT2D eigenvalue weighted by Gasteiger charge is 2.51. The van der Waals surface area contributed by atoms with Crippen LogP contribution in [0.4, 0.5) is 0 Å². The molecule has 12 heteroatoms. The third kappa shape index (κ3) is 4.59. The van der Waals surface area contributed by atoms with Crippen LogP contribution in [0.2, 0.25) is 0 Å². The lowest BCUT2D eigenvalue weighted by Gasteiger charge is -2.22. The number of H-pyrrole nitrogens is 1. The Morgan fingerprint density at radius 1 is 1.36 bits per heavy atom. The first-order valence-electron chi connectivity index (χ1n) is 7.40. The summed E-state index contributed by atoms with van der Waals surface area (Å²) in [5.74, 6) is 0. The van der Waals surface area contributed by atoms with Gasteiger partial charge in [-0.15, -0.1) is 9.42 Å². The van der Waals surface area contributed by atoms with E-state index in [9.17, 15) is 19.3 Å². The second kappa shape index (κ2) is 8.77. The van der Waals surface area contributed by atoms with E-state index in [2.05, 4.69) is 4.98 Å². The fraction of sp³-hybridized carbons (Fsp3) is 0.692. The van der Waals surface area contributed by atoms with Gasteiger partial charge in [0.15, 0.2) is 12.3 Å². The Bertz CT molecular complexity index is 718. The fourth-order valence-electron chi connectivity index (χ4n) is 2.53. The zero-order chi connectivity index (χ0) is 18.6. The highest BCUT2D eigenvalue weighted by Crippen LogP contribution is 2.37. The molecule has 0 bridgehead atoms. The second-order valence-corrected chi connectivity index (χ2v) is 6.05. The first-order chi connectivity index (χ1) is 11.9. The summed E-state index contributed by atoms with van der Waals surface area (Å²) >= 11 is 0. The Kier molecular flexibility index (Phi) is 6.96. The number of nitrogens with zero attached hydrogens (tertiary/aromatic N) is 1. The lowest BCUT2D eigenvalue weighted by atomic mass is 10.1. The quantitative estimate of drug-likeness (QED) is 0.374. The largest absolute Gasteiger partial charge is 0.695 e. The van der Waals surface area contributed by atoms with Crippen molar-refractivity contribution in [1.82, 2.24) is 9.55 Å². The average molecular weight is 379 g/mol. The molecule has 0 aromatic carbocycles. The molecule has 0 radical (unpaired) electrons. The van der Waals surface area contributed by atoms with Gasteiger partial charge in [0.05, 0.1) is 19.8 Å². The molecule has 140 valence electrons. The zero-order valence-corrected chi connectivity index (χ0v) is 14.5. The standard InChI is InChI=1S/C13H19N2O9P/c1-7-5-15(13(18)14-11(7)17)12-10(22-4-3-21-2)9(24-25(19)20)8(6-16)23-12/h5,8-10,12,16H,3-4,6H2,1-2H3,(H-,14,17,18,19,20)/p+1/t8-,9?,10?,12-/m1/s1. The number of aryl methyl sites for hydroxylation is 1. The maximum Gasteiger partial charge on any atom is 0.695 e. The number of ether oxygens (including phenoxy) is 3. The molecule has 1 fully saturated rings. The SMILES string of the molecule is COCCOC1C(O[P+](=O)O)[C@@H](CO)O[C@H]1n1cc(C)c(=O)[nH]c1=O. The van der Waals surface area contributed by atoms with Crippen LogP contribution < -0.4 is 11.2 Å². The van der Waals surface area contributed by atoms with Crippen molar-refractivity contribution in [2.45, 2.75) is 31.5 Å². The smallest absolute Gasteiger partial charge is 0.394 e. The van der Waals surface area contributed by atoms with E-state index in [1.165, 1.54) is 20.2 Å². The molecule has 1 aromatic rings. The van der Waals surface area contributed by atoms with Gasteiger partial charge in [-0.1, -0.05) is 0 Å². The normalized spacial score (nSPS) is 26.8. The molecule has 0 spiro atoms. The van der Waals surface area contributed by atoms with E-state index < -0.39 is 50.7 Å². The summed E-state index contributed by atoms with van der Waals surface area (Å²) in [4.78, 5) is 34.9. The molecule has 1 saturated heterocycles. The first kappa shape index (κ1) is 19.9. The van der Waals surface area contributed by atoms with Gasteiger partial charge >= 0.3 is 13.9 Å². The molecule has 2 heterocycles. The lowest BCUT2D eigenvalue weighted by Crippen LogP contribution is -2.41. The number of hydrogen-bond acceptors (Lipinski definition) is 8. The van der Waals surface area contributed by atoms with Crippen LogP contribution in [0.5, 0.6) is 0 Å². The van der Waals surface area contributed by atoms with Gasteiger partial charge < -0.3 is 19.3 Å². The lowest BCUT2D eigenvalue weighted by molar-refractivity contribution is -0.0811. The molecule has 0 aliphatic carbocycles. The summed E-state index contributed by atoms with van der Waals surface area (Å²) in [5, 5.41) is 9.46. The van der Waals surface area contributed by atoms with Gasteiger partial charge in [0.1, 0.15) is 12.2 Å². The molecule has 2 rings (SSSR count). The predicted molar refractivity (Wildman–Crippen MR) is 83.4 cm³/mol. The molecule has 0 amide bonds. The minimum atomic E-state index is -2.99. The Balaban J connectivity index is 2.39. The molecule has 25 heavy (non-hydrogen) atoms. The van der Waals surface area contributed by atoms with Crippen molar-refractivity contribution in [3.05, 3.63) is 32.6 Å². The summed E-state index contributed by atoms with van der Waals surface area (Å²) in [6, 6.07) is 0. The van der Waals surface area contributed by atoms with E-state index in [1.807, 2.05) is 0 Å². The van der Waals surface area contributed by atoms with Crippen molar-refractivity contribution in [2.24, 2.45) is 0 Å². The first-order valence-corrected chi connectivity index (χ1v) is 8.54. The Morgan fingerprint density at radius 2 is 2.08 bits per heavy atom. The van der Waals surface area contributed by atoms with Crippen molar-refractivity contribution in [3.63, 3.8) is 0 Å². The minimum Gasteiger partial charge on any atom is -0.394 e. The number of aliphatic hydroxyl groups excluding tert-OH is 1. The van der Waals surface area contributed by atoms with Crippen LogP contribution in [0.15, 0.2) is 15.8 Å². The van der Waals surface area contributed by atoms with Crippen LogP contribution >= 0.6 is 8.25 Å². The van der Waals surface area contributed by atoms with Crippen LogP contribution in [-0.4, -0.2) is 64.8 Å². The van der Waals surface area contributed by atoms with Crippen molar-refractivity contribution in [1.29, 1.82) is 0 Å². The molecule has 5 atom stereocenters. The molecule has 0 saturated carbocycles. The fourth-order valence-corrected chi connectivity index (χ4v) is 2.99. The second-order valence-electron chi connectivity index (χ2n) is 5.36. The number of aliphatic hydroxyl groups is 1. The molecular formula is C13H20N2O9P+. The topological polar surface area (TPSA) is 149 Å². The highest BCUT2D eigenvalue weighted by molar-refractivity contribution is 7.32. The van der Waals surface area contributed by atoms with Gasteiger partial charge in [0.25, 0.3) is 5.56 Å². The highest BCUT2D eigenvalue weighted by atomic mass is 31.1. The predicted octanol–water partition coefficient (Wildman–Crippen LogP) is -1.20. The molecule has 1 aliphatic heterocycles. The molecule has 1 aromatic heterocycles. The molecule has 3 unspecified atom stereocenters. The van der Waals surface area contributed by atoms with Crippen LogP contribution in [0.1, 0.15) is 11.8 Å². The summed E-state index contributed by atoms with van der Waals surface area (Å²) in [6.45, 7) is 1.31. The van der Waals surface area contributed by atoms with Gasteiger partial charge in [0.2, 0.25) is 0 Å². The monoisotopic (exact) mass is 379 g/mol. The number of nitrogens with one attached hydrogen (secondary N) is 1. The van der Waals surface area contributed by atoms with E-state index in [1.54, 1.807) is 0 Å². The maximum absolute atomic E-state index is 12.1. The van der Waals surface area contributed by atoms with Crippen molar-refractivity contribution >= 4 is 8.25 Å². The summed E-state index contributed by atoms with van der Waals surface area (Å²) < 4.78 is 33.2. The van der Waals surface area contributed by atoms with Crippen LogP contribution in [0, 0.1) is 6.92 Å². The van der Waals surface area contributed by atoms with Crippen LogP contribution in [-0.2, 0) is 23.3 Å². The summed E-state index contributed by atoms with van der Waals surface area (Å²) in [5.41, 5.74) is -1.02. The van der Waals surface area contributed by atoms with Gasteiger partial charge in [-0.05, 0) is 6.92 Å². The third-order valence-electron chi connectivity index (χ3n) is 3.70. The minimum absolute atomic E-state index is 0.0956. The number of aromatic nitrogens is 2. The summed E-state index contributed by atoms with van der Waals surface area (Å²) in [6.07, 6.45) is -2.87. The molecule has 3 N–H and O–H groups in total. The summed E-state index contributed by atoms with van der Waals surface area (Å²) in [7, 11) is -1.52. The van der Waals surface area contributed by atoms with Crippen LogP contribution in [0.25, 0.3) is 0 Å². The van der Waals surface area contributed by atoms with Gasteiger partial charge in [-0.2, -0.15) is 0 Å².